The topological polar surface area (TPSA) is 63.8 Å². The average Bonchev–Trinajstić information content (AvgIpc) is 2.81. The summed E-state index contributed by atoms with van der Waals surface area (Å²) in [5, 5.41) is 0. The summed E-state index contributed by atoms with van der Waals surface area (Å²) >= 11 is 1.11. The van der Waals surface area contributed by atoms with Crippen LogP contribution in [0.2, 0.25) is 0 Å². The molecule has 1 aromatic heterocycles. The number of nitrogens with two attached hydrogens (primary N) is 1. The second kappa shape index (κ2) is 5.11. The smallest absolute Gasteiger partial charge is 0.126 e. The Hall–Kier alpha value is -1.37. The van der Waals surface area contributed by atoms with E-state index in [2.05, 4.69) is 14.2 Å². The molecule has 0 radical (unpaired) electrons. The lowest BCUT2D eigenvalue weighted by Crippen LogP contribution is -2.30. The highest BCUT2D eigenvalue weighted by atomic mass is 32.1. The van der Waals surface area contributed by atoms with Gasteiger partial charge in [-0.15, -0.1) is 0 Å². The van der Waals surface area contributed by atoms with Crippen molar-refractivity contribution >= 4 is 11.7 Å². The van der Waals surface area contributed by atoms with Crippen LogP contribution >= 0.6 is 11.7 Å². The van der Waals surface area contributed by atoms with E-state index in [4.69, 9.17) is 5.84 Å². The molecule has 2 aromatic rings. The number of hydrogen-bond acceptors (Lipinski definition) is 5. The molecule has 0 saturated carbocycles. The fraction of sp³-hybridized carbons (Fsp3) is 0.200. The molecule has 4 nitrogen and oxygen atoms in total. The lowest BCUT2D eigenvalue weighted by Gasteiger charge is -2.13. The minimum absolute atomic E-state index is 0.212. The van der Waals surface area contributed by atoms with E-state index in [-0.39, 0.29) is 11.9 Å². The largest absolute Gasteiger partial charge is 0.271 e. The third-order valence-electron chi connectivity index (χ3n) is 2.32. The molecule has 0 aliphatic rings. The van der Waals surface area contributed by atoms with Crippen molar-refractivity contribution in [3.63, 3.8) is 0 Å². The number of benzene rings is 1. The van der Waals surface area contributed by atoms with Gasteiger partial charge in [-0.2, -0.15) is 8.75 Å². The highest BCUT2D eigenvalue weighted by Crippen LogP contribution is 2.17. The molecule has 6 heteroatoms. The quantitative estimate of drug-likeness (QED) is 0.624. The molecule has 0 bridgehead atoms. The van der Waals surface area contributed by atoms with Crippen LogP contribution in [0.3, 0.4) is 0 Å². The van der Waals surface area contributed by atoms with Crippen LogP contribution < -0.4 is 11.3 Å². The fourth-order valence-electron chi connectivity index (χ4n) is 1.46. The Labute approximate surface area is 96.6 Å². The predicted molar refractivity (Wildman–Crippen MR) is 60.1 cm³/mol. The zero-order valence-corrected chi connectivity index (χ0v) is 9.25. The van der Waals surface area contributed by atoms with Crippen LogP contribution in [-0.4, -0.2) is 8.75 Å². The Morgan fingerprint density at radius 1 is 1.44 bits per heavy atom. The summed E-state index contributed by atoms with van der Waals surface area (Å²) < 4.78 is 21.4. The number of rotatable bonds is 4. The first-order valence-corrected chi connectivity index (χ1v) is 5.51. The number of aromatic nitrogens is 2. The van der Waals surface area contributed by atoms with Gasteiger partial charge in [0.15, 0.2) is 0 Å². The van der Waals surface area contributed by atoms with Crippen LogP contribution in [0.25, 0.3) is 0 Å². The summed E-state index contributed by atoms with van der Waals surface area (Å²) in [6, 6.07) is 6.41. The Kier molecular flexibility index (Phi) is 3.55. The molecular weight excluding hydrogens is 227 g/mol. The molecule has 2 rings (SSSR count). The van der Waals surface area contributed by atoms with Crippen molar-refractivity contribution in [3.8, 4) is 0 Å². The van der Waals surface area contributed by atoms with Gasteiger partial charge in [0.1, 0.15) is 5.82 Å². The number of nitrogens with one attached hydrogen (secondary N) is 1. The normalized spacial score (nSPS) is 12.6. The van der Waals surface area contributed by atoms with Gasteiger partial charge in [0.25, 0.3) is 0 Å². The van der Waals surface area contributed by atoms with Crippen molar-refractivity contribution < 1.29 is 4.39 Å². The molecule has 1 atom stereocenters. The highest BCUT2D eigenvalue weighted by Gasteiger charge is 2.15. The molecule has 3 N–H and O–H groups in total. The van der Waals surface area contributed by atoms with E-state index in [9.17, 15) is 4.39 Å². The SMILES string of the molecule is NNC(Cc1ccccc1F)c1cnsn1. The Morgan fingerprint density at radius 3 is 2.88 bits per heavy atom. The maximum absolute atomic E-state index is 13.4. The summed E-state index contributed by atoms with van der Waals surface area (Å²) in [5.74, 6) is 5.20. The minimum atomic E-state index is -0.231. The number of hydrogen-bond donors (Lipinski definition) is 2. The van der Waals surface area contributed by atoms with Crippen LogP contribution in [0.15, 0.2) is 30.5 Å². The first kappa shape index (κ1) is 11.1. The van der Waals surface area contributed by atoms with Crippen molar-refractivity contribution in [1.29, 1.82) is 0 Å². The summed E-state index contributed by atoms with van der Waals surface area (Å²) in [5.41, 5.74) is 3.96. The van der Waals surface area contributed by atoms with Crippen molar-refractivity contribution in [3.05, 3.63) is 47.5 Å². The van der Waals surface area contributed by atoms with Gasteiger partial charge in [0.2, 0.25) is 0 Å². The zero-order chi connectivity index (χ0) is 11.4. The Bertz CT molecular complexity index is 446. The van der Waals surface area contributed by atoms with Gasteiger partial charge in [-0.25, -0.2) is 4.39 Å². The van der Waals surface area contributed by atoms with E-state index in [1.165, 1.54) is 6.07 Å². The van der Waals surface area contributed by atoms with Crippen LogP contribution in [0, 0.1) is 5.82 Å². The standard InChI is InChI=1S/C10H11FN4S/c11-8-4-2-1-3-7(8)5-9(14-12)10-6-13-16-15-10/h1-4,6,9,14H,5,12H2. The maximum Gasteiger partial charge on any atom is 0.126 e. The van der Waals surface area contributed by atoms with Gasteiger partial charge in [-0.3, -0.25) is 11.3 Å². The number of nitrogens with zero attached hydrogens (tertiary/aromatic N) is 2. The summed E-state index contributed by atoms with van der Waals surface area (Å²) in [4.78, 5) is 0. The lowest BCUT2D eigenvalue weighted by atomic mass is 10.0. The van der Waals surface area contributed by atoms with Crippen molar-refractivity contribution in [2.45, 2.75) is 12.5 Å². The maximum atomic E-state index is 13.4. The Balaban J connectivity index is 2.17. The van der Waals surface area contributed by atoms with E-state index in [0.717, 1.165) is 17.4 Å². The molecule has 0 aliphatic carbocycles. The summed E-state index contributed by atoms with van der Waals surface area (Å²) in [6.45, 7) is 0. The molecular formula is C10H11FN4S. The second-order valence-electron chi connectivity index (χ2n) is 3.35. The van der Waals surface area contributed by atoms with Gasteiger partial charge in [0, 0.05) is 0 Å². The number of halogens is 1. The summed E-state index contributed by atoms with van der Waals surface area (Å²) in [7, 11) is 0. The van der Waals surface area contributed by atoms with E-state index in [1.54, 1.807) is 24.4 Å². The Morgan fingerprint density at radius 2 is 2.25 bits per heavy atom. The molecule has 0 aliphatic heterocycles. The van der Waals surface area contributed by atoms with Gasteiger partial charge in [-0.05, 0) is 18.1 Å². The van der Waals surface area contributed by atoms with E-state index >= 15 is 0 Å². The highest BCUT2D eigenvalue weighted by molar-refractivity contribution is 6.99. The van der Waals surface area contributed by atoms with Gasteiger partial charge < -0.3 is 0 Å². The molecule has 1 heterocycles. The molecule has 16 heavy (non-hydrogen) atoms. The third-order valence-corrected chi connectivity index (χ3v) is 2.81. The average molecular weight is 238 g/mol. The van der Waals surface area contributed by atoms with Crippen molar-refractivity contribution in [2.24, 2.45) is 5.84 Å². The molecule has 84 valence electrons. The van der Waals surface area contributed by atoms with Gasteiger partial charge in [-0.1, -0.05) is 18.2 Å². The van der Waals surface area contributed by atoms with Crippen LogP contribution in [-0.2, 0) is 6.42 Å². The first-order valence-electron chi connectivity index (χ1n) is 4.78. The van der Waals surface area contributed by atoms with Crippen molar-refractivity contribution in [2.75, 3.05) is 0 Å². The molecule has 0 spiro atoms. The first-order chi connectivity index (χ1) is 7.81. The number of hydrazine groups is 1. The molecule has 1 aromatic carbocycles. The summed E-state index contributed by atoms with van der Waals surface area (Å²) in [6.07, 6.45) is 2.09. The zero-order valence-electron chi connectivity index (χ0n) is 8.43. The van der Waals surface area contributed by atoms with Crippen LogP contribution in [0.5, 0.6) is 0 Å². The van der Waals surface area contributed by atoms with Crippen LogP contribution in [0.4, 0.5) is 4.39 Å². The molecule has 0 fully saturated rings. The minimum Gasteiger partial charge on any atom is -0.271 e. The molecule has 0 saturated heterocycles. The predicted octanol–water partition coefficient (Wildman–Crippen LogP) is 1.42. The third kappa shape index (κ3) is 2.41. The van der Waals surface area contributed by atoms with Crippen LogP contribution in [0.1, 0.15) is 17.3 Å². The van der Waals surface area contributed by atoms with Gasteiger partial charge in [0.05, 0.1) is 29.7 Å². The molecule has 0 amide bonds. The second-order valence-corrected chi connectivity index (χ2v) is 3.90. The van der Waals surface area contributed by atoms with Gasteiger partial charge >= 0.3 is 0 Å². The van der Waals surface area contributed by atoms with E-state index < -0.39 is 0 Å². The van der Waals surface area contributed by atoms with Crippen molar-refractivity contribution in [1.82, 2.24) is 14.2 Å². The van der Waals surface area contributed by atoms with E-state index in [1.807, 2.05) is 0 Å². The fourth-order valence-corrected chi connectivity index (χ4v) is 1.93. The van der Waals surface area contributed by atoms with E-state index in [0.29, 0.717) is 12.0 Å². The lowest BCUT2D eigenvalue weighted by molar-refractivity contribution is 0.521. The monoisotopic (exact) mass is 238 g/mol. The molecule has 1 unspecified atom stereocenters.